The molecule has 10 aromatic rings. The fourth-order valence-electron chi connectivity index (χ4n) is 7.10. The molecular weight excluding hydrogens is 550 g/mol. The van der Waals surface area contributed by atoms with Crippen molar-refractivity contribution in [1.82, 2.24) is 4.57 Å². The van der Waals surface area contributed by atoms with E-state index in [0.717, 1.165) is 82.9 Å². The minimum absolute atomic E-state index is 0.882. The highest BCUT2D eigenvalue weighted by atomic mass is 16.3. The molecule has 3 aromatic heterocycles. The smallest absolute Gasteiger partial charge is 0.161 e. The molecule has 0 spiro atoms. The normalized spacial score (nSPS) is 12.0. The van der Waals surface area contributed by atoms with E-state index in [-0.39, 0.29) is 0 Å². The van der Waals surface area contributed by atoms with Gasteiger partial charge in [0.05, 0.1) is 5.52 Å². The Morgan fingerprint density at radius 1 is 0.400 bits per heavy atom. The number of aromatic nitrogens is 1. The van der Waals surface area contributed by atoms with E-state index in [2.05, 4.69) is 156 Å². The van der Waals surface area contributed by atoms with E-state index in [0.29, 0.717) is 0 Å². The quantitative estimate of drug-likeness (QED) is 0.210. The highest BCUT2D eigenvalue weighted by molar-refractivity contribution is 6.17. The van der Waals surface area contributed by atoms with Gasteiger partial charge in [0.25, 0.3) is 0 Å². The first-order valence-electron chi connectivity index (χ1n) is 15.3. The lowest BCUT2D eigenvalue weighted by Crippen LogP contribution is -1.93. The van der Waals surface area contributed by atoms with Crippen molar-refractivity contribution in [3.05, 3.63) is 152 Å². The Labute approximate surface area is 258 Å². The maximum absolute atomic E-state index is 6.55. The van der Waals surface area contributed by atoms with E-state index in [1.165, 1.54) is 10.8 Å². The molecule has 0 atom stereocenters. The van der Waals surface area contributed by atoms with Crippen molar-refractivity contribution < 1.29 is 8.83 Å². The first kappa shape index (κ1) is 24.4. The van der Waals surface area contributed by atoms with Crippen LogP contribution in [0.25, 0.3) is 93.6 Å². The summed E-state index contributed by atoms with van der Waals surface area (Å²) in [6.45, 7) is 0. The third-order valence-corrected chi connectivity index (χ3v) is 9.18. The molecule has 0 unspecified atom stereocenters. The second-order valence-electron chi connectivity index (χ2n) is 11.7. The monoisotopic (exact) mass is 575 g/mol. The van der Waals surface area contributed by atoms with Gasteiger partial charge in [-0.05, 0) is 93.7 Å². The van der Waals surface area contributed by atoms with Crippen molar-refractivity contribution in [2.45, 2.75) is 0 Å². The molecule has 0 aliphatic rings. The summed E-state index contributed by atoms with van der Waals surface area (Å²) < 4.78 is 15.3. The largest absolute Gasteiger partial charge is 0.456 e. The van der Waals surface area contributed by atoms with E-state index in [1.807, 2.05) is 0 Å². The Morgan fingerprint density at radius 3 is 1.91 bits per heavy atom. The van der Waals surface area contributed by atoms with E-state index in [4.69, 9.17) is 8.83 Å². The molecule has 210 valence electrons. The molecule has 0 saturated carbocycles. The minimum Gasteiger partial charge on any atom is -0.456 e. The Balaban J connectivity index is 1.17. The Morgan fingerprint density at radius 2 is 1.07 bits per heavy atom. The van der Waals surface area contributed by atoms with Crippen LogP contribution in [0.1, 0.15) is 0 Å². The number of nitrogens with zero attached hydrogens (tertiary/aromatic N) is 1. The number of rotatable bonds is 3. The number of hydrogen-bond donors (Lipinski definition) is 0. The van der Waals surface area contributed by atoms with Gasteiger partial charge in [-0.1, -0.05) is 91.0 Å². The maximum atomic E-state index is 6.55. The lowest BCUT2D eigenvalue weighted by Gasteiger charge is -2.11. The van der Waals surface area contributed by atoms with Gasteiger partial charge in [0.2, 0.25) is 0 Å². The summed E-state index contributed by atoms with van der Waals surface area (Å²) in [5, 5.41) is 6.89. The lowest BCUT2D eigenvalue weighted by molar-refractivity contribution is 0.669. The van der Waals surface area contributed by atoms with Crippen LogP contribution in [-0.4, -0.2) is 4.57 Å². The van der Waals surface area contributed by atoms with Gasteiger partial charge in [0, 0.05) is 27.2 Å². The van der Waals surface area contributed by atoms with Crippen LogP contribution in [0.3, 0.4) is 0 Å². The molecule has 3 heterocycles. The van der Waals surface area contributed by atoms with Gasteiger partial charge in [0.1, 0.15) is 22.3 Å². The van der Waals surface area contributed by atoms with Crippen LogP contribution in [0.15, 0.2) is 160 Å². The number of furan rings is 2. The molecule has 0 radical (unpaired) electrons. The standard InChI is InChI=1S/C42H25NO2/c1-2-12-30(13-3-1)43-37-17-9-8-16-34(37)42-41(43)36-23-28(19-21-38(36)45-42)31-14-6-7-15-32(31)29-18-20-33-35-22-26-10-4-5-11-27(26)24-40(35)44-39(33)25-29/h1-25H. The molecule has 10 rings (SSSR count). The molecule has 0 saturated heterocycles. The fourth-order valence-corrected chi connectivity index (χ4v) is 7.10. The molecule has 0 fully saturated rings. The van der Waals surface area contributed by atoms with Crippen LogP contribution >= 0.6 is 0 Å². The van der Waals surface area contributed by atoms with E-state index >= 15 is 0 Å². The number of hydrogen-bond acceptors (Lipinski definition) is 2. The topological polar surface area (TPSA) is 31.2 Å². The predicted molar refractivity (Wildman–Crippen MR) is 186 cm³/mol. The van der Waals surface area contributed by atoms with Crippen molar-refractivity contribution in [1.29, 1.82) is 0 Å². The second kappa shape index (κ2) is 9.22. The summed E-state index contributed by atoms with van der Waals surface area (Å²) in [7, 11) is 0. The van der Waals surface area contributed by atoms with Crippen molar-refractivity contribution in [2.75, 3.05) is 0 Å². The SMILES string of the molecule is c1ccc(-n2c3ccccc3c3oc4ccc(-c5ccccc5-c5ccc6c(c5)oc5cc7ccccc7cc56)cc4c32)cc1. The van der Waals surface area contributed by atoms with Crippen LogP contribution in [0.2, 0.25) is 0 Å². The van der Waals surface area contributed by atoms with Crippen LogP contribution in [0.4, 0.5) is 0 Å². The molecule has 0 N–H and O–H groups in total. The number of fused-ring (bicyclic) bond motifs is 9. The zero-order valence-electron chi connectivity index (χ0n) is 24.2. The molecule has 3 heteroatoms. The third kappa shape index (κ3) is 3.58. The number of para-hydroxylation sites is 2. The molecule has 45 heavy (non-hydrogen) atoms. The van der Waals surface area contributed by atoms with Gasteiger partial charge in [0.15, 0.2) is 5.58 Å². The maximum Gasteiger partial charge on any atom is 0.161 e. The summed E-state index contributed by atoms with van der Waals surface area (Å²) in [4.78, 5) is 0. The van der Waals surface area contributed by atoms with Gasteiger partial charge < -0.3 is 13.4 Å². The van der Waals surface area contributed by atoms with Crippen LogP contribution in [0, 0.1) is 0 Å². The van der Waals surface area contributed by atoms with Gasteiger partial charge in [-0.25, -0.2) is 0 Å². The first-order chi connectivity index (χ1) is 22.3. The Kier molecular flexibility index (Phi) is 5.00. The Hall–Kier alpha value is -6.06. The Bertz CT molecular complexity index is 2760. The van der Waals surface area contributed by atoms with Gasteiger partial charge in [-0.3, -0.25) is 0 Å². The molecule has 0 aliphatic carbocycles. The zero-order chi connectivity index (χ0) is 29.5. The van der Waals surface area contributed by atoms with Gasteiger partial charge in [-0.15, -0.1) is 0 Å². The van der Waals surface area contributed by atoms with E-state index < -0.39 is 0 Å². The molecule has 7 aromatic carbocycles. The van der Waals surface area contributed by atoms with Crippen LogP contribution in [-0.2, 0) is 0 Å². The third-order valence-electron chi connectivity index (χ3n) is 9.18. The molecule has 0 amide bonds. The molecule has 0 aliphatic heterocycles. The highest BCUT2D eigenvalue weighted by Gasteiger charge is 2.20. The average molecular weight is 576 g/mol. The first-order valence-corrected chi connectivity index (χ1v) is 15.3. The summed E-state index contributed by atoms with van der Waals surface area (Å²) in [5.74, 6) is 0. The van der Waals surface area contributed by atoms with Gasteiger partial charge >= 0.3 is 0 Å². The van der Waals surface area contributed by atoms with Crippen molar-refractivity contribution in [3.8, 4) is 27.9 Å². The highest BCUT2D eigenvalue weighted by Crippen LogP contribution is 2.42. The molecule has 0 bridgehead atoms. The second-order valence-corrected chi connectivity index (χ2v) is 11.7. The van der Waals surface area contributed by atoms with Gasteiger partial charge in [-0.2, -0.15) is 0 Å². The summed E-state index contributed by atoms with van der Waals surface area (Å²) in [6.07, 6.45) is 0. The predicted octanol–water partition coefficient (Wildman–Crippen LogP) is 11.9. The summed E-state index contributed by atoms with van der Waals surface area (Å²) in [6, 6.07) is 53.6. The summed E-state index contributed by atoms with van der Waals surface area (Å²) >= 11 is 0. The fraction of sp³-hybridized carbons (Fsp3) is 0. The van der Waals surface area contributed by atoms with Crippen LogP contribution < -0.4 is 0 Å². The summed E-state index contributed by atoms with van der Waals surface area (Å²) in [5.41, 5.74) is 11.5. The van der Waals surface area contributed by atoms with Crippen LogP contribution in [0.5, 0.6) is 0 Å². The van der Waals surface area contributed by atoms with Crippen molar-refractivity contribution in [3.63, 3.8) is 0 Å². The zero-order valence-corrected chi connectivity index (χ0v) is 24.2. The van der Waals surface area contributed by atoms with E-state index in [9.17, 15) is 0 Å². The lowest BCUT2D eigenvalue weighted by atomic mass is 9.93. The number of benzene rings is 7. The minimum atomic E-state index is 0.882. The van der Waals surface area contributed by atoms with Crippen molar-refractivity contribution in [2.24, 2.45) is 0 Å². The van der Waals surface area contributed by atoms with Crippen molar-refractivity contribution >= 4 is 65.7 Å². The molecular formula is C42H25NO2. The van der Waals surface area contributed by atoms with E-state index in [1.54, 1.807) is 0 Å². The molecule has 3 nitrogen and oxygen atoms in total. The average Bonchev–Trinajstić information content (AvgIpc) is 3.75.